The van der Waals surface area contributed by atoms with Crippen molar-refractivity contribution in [3.8, 4) is 0 Å². The van der Waals surface area contributed by atoms with Crippen LogP contribution in [-0.4, -0.2) is 20.4 Å². The highest BCUT2D eigenvalue weighted by Crippen LogP contribution is 2.25. The summed E-state index contributed by atoms with van der Waals surface area (Å²) in [6.07, 6.45) is 3.11. The summed E-state index contributed by atoms with van der Waals surface area (Å²) in [6, 6.07) is 4.61. The number of aromatic nitrogens is 2. The molecule has 98 valence electrons. The Hall–Kier alpha value is -2.70. The van der Waals surface area contributed by atoms with Crippen LogP contribution in [-0.2, 0) is 7.05 Å². The number of aryl methyl sites for hydroxylation is 2. The molecule has 1 aromatic heterocycles. The van der Waals surface area contributed by atoms with Crippen LogP contribution in [0, 0.1) is 17.0 Å². The van der Waals surface area contributed by atoms with E-state index in [1.54, 1.807) is 26.2 Å². The maximum absolute atomic E-state index is 11.9. The molecule has 0 saturated heterocycles. The van der Waals surface area contributed by atoms with E-state index in [0.29, 0.717) is 0 Å². The number of anilines is 1. The Morgan fingerprint density at radius 3 is 2.79 bits per heavy atom. The molecule has 2 aromatic rings. The first-order valence-electron chi connectivity index (χ1n) is 5.53. The molecule has 0 aliphatic carbocycles. The Morgan fingerprint density at radius 2 is 2.21 bits per heavy atom. The number of nitrogens with one attached hydrogen (secondary N) is 1. The number of nitro groups is 1. The average molecular weight is 260 g/mol. The first-order chi connectivity index (χ1) is 8.99. The topological polar surface area (TPSA) is 90.1 Å². The zero-order valence-corrected chi connectivity index (χ0v) is 10.5. The quantitative estimate of drug-likeness (QED) is 0.674. The number of carbonyl (C=O) groups excluding carboxylic acids is 1. The molecule has 7 heteroatoms. The fraction of sp³-hybridized carbons (Fsp3) is 0.167. The number of imidazole rings is 1. The zero-order chi connectivity index (χ0) is 14.0. The minimum atomic E-state index is -0.527. The third kappa shape index (κ3) is 2.59. The summed E-state index contributed by atoms with van der Waals surface area (Å²) in [5, 5.41) is 13.4. The highest BCUT2D eigenvalue weighted by atomic mass is 16.6. The van der Waals surface area contributed by atoms with Gasteiger partial charge in [-0.3, -0.25) is 14.9 Å². The van der Waals surface area contributed by atoms with Crippen molar-refractivity contribution in [3.63, 3.8) is 0 Å². The lowest BCUT2D eigenvalue weighted by molar-refractivity contribution is -0.384. The first kappa shape index (κ1) is 12.7. The lowest BCUT2D eigenvalue weighted by atomic mass is 10.2. The predicted molar refractivity (Wildman–Crippen MR) is 69.0 cm³/mol. The Labute approximate surface area is 109 Å². The fourth-order valence-electron chi connectivity index (χ4n) is 1.66. The van der Waals surface area contributed by atoms with Gasteiger partial charge in [-0.25, -0.2) is 4.98 Å². The van der Waals surface area contributed by atoms with Crippen molar-refractivity contribution < 1.29 is 9.72 Å². The number of nitro benzene ring substituents is 1. The van der Waals surface area contributed by atoms with Gasteiger partial charge in [0, 0.05) is 25.5 Å². The molecule has 0 fully saturated rings. The summed E-state index contributed by atoms with van der Waals surface area (Å²) in [7, 11) is 1.67. The number of rotatable bonds is 3. The third-order valence-electron chi connectivity index (χ3n) is 2.62. The van der Waals surface area contributed by atoms with Crippen LogP contribution in [0.15, 0.2) is 30.6 Å². The summed E-state index contributed by atoms with van der Waals surface area (Å²) in [5.41, 5.74) is 0.771. The molecule has 1 N–H and O–H groups in total. The first-order valence-corrected chi connectivity index (χ1v) is 5.53. The second kappa shape index (κ2) is 4.89. The van der Waals surface area contributed by atoms with Gasteiger partial charge in [-0.1, -0.05) is 6.07 Å². The molecular weight excluding hydrogens is 248 g/mol. The van der Waals surface area contributed by atoms with Gasteiger partial charge in [0.2, 0.25) is 0 Å². The molecule has 0 saturated carbocycles. The van der Waals surface area contributed by atoms with Crippen LogP contribution in [0.2, 0.25) is 0 Å². The van der Waals surface area contributed by atoms with E-state index in [-0.39, 0.29) is 17.2 Å². The Bertz CT molecular complexity index is 648. The maximum atomic E-state index is 11.9. The average Bonchev–Trinajstić information content (AvgIpc) is 2.77. The lowest BCUT2D eigenvalue weighted by Gasteiger charge is -2.06. The van der Waals surface area contributed by atoms with E-state index < -0.39 is 10.8 Å². The summed E-state index contributed by atoms with van der Waals surface area (Å²) in [6.45, 7) is 1.75. The molecule has 0 spiro atoms. The number of benzene rings is 1. The highest BCUT2D eigenvalue weighted by molar-refractivity contribution is 6.03. The number of hydrogen-bond acceptors (Lipinski definition) is 4. The van der Waals surface area contributed by atoms with Crippen LogP contribution in [0.25, 0.3) is 0 Å². The summed E-state index contributed by atoms with van der Waals surface area (Å²) >= 11 is 0. The SMILES string of the molecule is Cc1ccc(NC(=O)c2nccn2C)c([N+](=O)[O-])c1. The third-order valence-corrected chi connectivity index (χ3v) is 2.62. The van der Waals surface area contributed by atoms with Gasteiger partial charge in [0.05, 0.1) is 4.92 Å². The Morgan fingerprint density at radius 1 is 1.47 bits per heavy atom. The van der Waals surface area contributed by atoms with Crippen molar-refractivity contribution in [2.75, 3.05) is 5.32 Å². The second-order valence-electron chi connectivity index (χ2n) is 4.09. The molecule has 1 amide bonds. The fourth-order valence-corrected chi connectivity index (χ4v) is 1.66. The molecular formula is C12H12N4O3. The van der Waals surface area contributed by atoms with E-state index >= 15 is 0 Å². The van der Waals surface area contributed by atoms with E-state index in [9.17, 15) is 14.9 Å². The molecule has 2 rings (SSSR count). The molecule has 0 aliphatic rings. The van der Waals surface area contributed by atoms with E-state index in [1.807, 2.05) is 0 Å². The van der Waals surface area contributed by atoms with Crippen molar-refractivity contribution in [3.05, 3.63) is 52.1 Å². The van der Waals surface area contributed by atoms with Crippen molar-refractivity contribution in [1.29, 1.82) is 0 Å². The number of amides is 1. The molecule has 1 heterocycles. The maximum Gasteiger partial charge on any atom is 0.293 e. The van der Waals surface area contributed by atoms with Crippen molar-refractivity contribution >= 4 is 17.3 Å². The van der Waals surface area contributed by atoms with Crippen LogP contribution in [0.4, 0.5) is 11.4 Å². The monoisotopic (exact) mass is 260 g/mol. The van der Waals surface area contributed by atoms with Gasteiger partial charge in [0.15, 0.2) is 5.82 Å². The molecule has 0 aliphatic heterocycles. The van der Waals surface area contributed by atoms with Gasteiger partial charge >= 0.3 is 0 Å². The largest absolute Gasteiger partial charge is 0.330 e. The minimum Gasteiger partial charge on any atom is -0.330 e. The predicted octanol–water partition coefficient (Wildman–Crippen LogP) is 1.89. The van der Waals surface area contributed by atoms with Crippen molar-refractivity contribution in [2.24, 2.45) is 7.05 Å². The van der Waals surface area contributed by atoms with Crippen LogP contribution < -0.4 is 5.32 Å². The minimum absolute atomic E-state index is 0.137. The van der Waals surface area contributed by atoms with Gasteiger partial charge in [-0.15, -0.1) is 0 Å². The smallest absolute Gasteiger partial charge is 0.293 e. The van der Waals surface area contributed by atoms with Gasteiger partial charge < -0.3 is 9.88 Å². The number of carbonyl (C=O) groups is 1. The van der Waals surface area contributed by atoms with Crippen LogP contribution in [0.5, 0.6) is 0 Å². The molecule has 0 bridgehead atoms. The van der Waals surface area contributed by atoms with E-state index in [1.165, 1.54) is 22.9 Å². The van der Waals surface area contributed by atoms with Crippen LogP contribution in [0.3, 0.4) is 0 Å². The van der Waals surface area contributed by atoms with E-state index in [0.717, 1.165) is 5.56 Å². The Kier molecular flexibility index (Phi) is 3.28. The molecule has 7 nitrogen and oxygen atoms in total. The molecule has 0 unspecified atom stereocenters. The number of hydrogen-bond donors (Lipinski definition) is 1. The van der Waals surface area contributed by atoms with E-state index in [2.05, 4.69) is 10.3 Å². The summed E-state index contributed by atoms with van der Waals surface area (Å²) in [5.74, 6) is -0.297. The summed E-state index contributed by atoms with van der Waals surface area (Å²) < 4.78 is 1.54. The van der Waals surface area contributed by atoms with Gasteiger partial charge in [0.1, 0.15) is 5.69 Å². The molecule has 1 aromatic carbocycles. The lowest BCUT2D eigenvalue weighted by Crippen LogP contribution is -2.17. The zero-order valence-electron chi connectivity index (χ0n) is 10.5. The van der Waals surface area contributed by atoms with Crippen LogP contribution in [0.1, 0.15) is 16.2 Å². The standard InChI is InChI=1S/C12H12N4O3/c1-8-3-4-9(10(7-8)16(18)19)14-12(17)11-13-5-6-15(11)2/h3-7H,1-2H3,(H,14,17). The Balaban J connectivity index is 2.32. The molecule has 0 atom stereocenters. The van der Waals surface area contributed by atoms with E-state index in [4.69, 9.17) is 0 Å². The van der Waals surface area contributed by atoms with Gasteiger partial charge in [-0.2, -0.15) is 0 Å². The van der Waals surface area contributed by atoms with Gasteiger partial charge in [0.25, 0.3) is 11.6 Å². The van der Waals surface area contributed by atoms with Gasteiger partial charge in [-0.05, 0) is 18.6 Å². The second-order valence-corrected chi connectivity index (χ2v) is 4.09. The molecule has 0 radical (unpaired) electrons. The van der Waals surface area contributed by atoms with Crippen LogP contribution >= 0.6 is 0 Å². The summed E-state index contributed by atoms with van der Waals surface area (Å²) in [4.78, 5) is 26.2. The normalized spacial score (nSPS) is 10.2. The number of nitrogens with zero attached hydrogens (tertiary/aromatic N) is 3. The molecule has 19 heavy (non-hydrogen) atoms. The van der Waals surface area contributed by atoms with Crippen molar-refractivity contribution in [1.82, 2.24) is 9.55 Å². The van der Waals surface area contributed by atoms with Crippen molar-refractivity contribution in [2.45, 2.75) is 6.92 Å². The highest BCUT2D eigenvalue weighted by Gasteiger charge is 2.18.